The smallest absolute Gasteiger partial charge is 0.323 e. The lowest BCUT2D eigenvalue weighted by molar-refractivity contribution is -0.146. The number of hydrogen-bond donors (Lipinski definition) is 2. The zero-order valence-corrected chi connectivity index (χ0v) is 22.3. The normalized spacial score (nSPS) is 15.0. The average Bonchev–Trinajstić information content (AvgIpc) is 3.17. The standard InChI is InChI=1S/C17H16N2O3.C15H12N2O2/c1-11(20)22-16-10-12-6-2-4-8-14(12)19(17(18)21)15-9-5-3-7-13(15)16;16-15(19)17-12-7-3-1-5-10(12)9-14(18)11-6-2-4-8-13(11)17/h2-9,16H,10H2,1H3,(H2,18,21);1-8H,9H2,(H2,16,19)/t16-;/m0./s1. The van der Waals surface area contributed by atoms with E-state index in [0.29, 0.717) is 29.0 Å². The molecule has 0 unspecified atom stereocenters. The van der Waals surface area contributed by atoms with Gasteiger partial charge in [-0.15, -0.1) is 0 Å². The molecule has 6 rings (SSSR count). The molecule has 0 fully saturated rings. The molecule has 0 radical (unpaired) electrons. The minimum atomic E-state index is -0.588. The fourth-order valence-corrected chi connectivity index (χ4v) is 5.27. The lowest BCUT2D eigenvalue weighted by Gasteiger charge is -2.23. The maximum absolute atomic E-state index is 12.3. The highest BCUT2D eigenvalue weighted by Gasteiger charge is 2.31. The average molecular weight is 549 g/mol. The Bertz CT molecular complexity index is 1670. The number of primary amides is 2. The van der Waals surface area contributed by atoms with Crippen LogP contribution in [0.3, 0.4) is 0 Å². The second kappa shape index (κ2) is 11.4. The lowest BCUT2D eigenvalue weighted by Crippen LogP contribution is -2.32. The zero-order valence-electron chi connectivity index (χ0n) is 22.3. The number of fused-ring (bicyclic) bond motifs is 4. The van der Waals surface area contributed by atoms with E-state index in [2.05, 4.69) is 0 Å². The molecule has 2 aliphatic rings. The van der Waals surface area contributed by atoms with Gasteiger partial charge in [0.2, 0.25) is 0 Å². The molecule has 9 nitrogen and oxygen atoms in total. The first-order valence-corrected chi connectivity index (χ1v) is 13.0. The monoisotopic (exact) mass is 548 g/mol. The largest absolute Gasteiger partial charge is 0.457 e. The Morgan fingerprint density at radius 3 is 1.80 bits per heavy atom. The van der Waals surface area contributed by atoms with Gasteiger partial charge in [0.25, 0.3) is 0 Å². The number of amides is 4. The molecule has 4 aromatic carbocycles. The van der Waals surface area contributed by atoms with Crippen molar-refractivity contribution in [2.75, 3.05) is 9.80 Å². The Morgan fingerprint density at radius 2 is 1.17 bits per heavy atom. The number of rotatable bonds is 1. The number of esters is 1. The number of anilines is 4. The van der Waals surface area contributed by atoms with Crippen LogP contribution in [0.4, 0.5) is 32.3 Å². The van der Waals surface area contributed by atoms with Crippen molar-refractivity contribution >= 4 is 46.6 Å². The number of carbonyl (C=O) groups excluding carboxylic acids is 4. The summed E-state index contributed by atoms with van der Waals surface area (Å²) in [7, 11) is 0. The van der Waals surface area contributed by atoms with E-state index in [0.717, 1.165) is 22.4 Å². The van der Waals surface area contributed by atoms with Crippen LogP contribution in [0.15, 0.2) is 97.1 Å². The number of carbonyl (C=O) groups is 4. The second-order valence-electron chi connectivity index (χ2n) is 9.58. The quantitative estimate of drug-likeness (QED) is 0.294. The van der Waals surface area contributed by atoms with Crippen LogP contribution in [0.1, 0.15) is 40.1 Å². The highest BCUT2D eigenvalue weighted by Crippen LogP contribution is 2.41. The van der Waals surface area contributed by atoms with Crippen molar-refractivity contribution in [1.29, 1.82) is 0 Å². The van der Waals surface area contributed by atoms with Crippen molar-refractivity contribution in [1.82, 2.24) is 0 Å². The molecule has 0 saturated carbocycles. The number of ketones is 1. The van der Waals surface area contributed by atoms with Gasteiger partial charge in [-0.1, -0.05) is 66.7 Å². The third-order valence-electron chi connectivity index (χ3n) is 6.94. The van der Waals surface area contributed by atoms with Gasteiger partial charge in [0.05, 0.1) is 22.7 Å². The fourth-order valence-electron chi connectivity index (χ4n) is 5.27. The van der Waals surface area contributed by atoms with E-state index in [-0.39, 0.29) is 18.2 Å². The molecule has 4 amide bonds. The van der Waals surface area contributed by atoms with E-state index in [4.69, 9.17) is 16.2 Å². The molecule has 2 heterocycles. The van der Waals surface area contributed by atoms with Crippen LogP contribution >= 0.6 is 0 Å². The minimum absolute atomic E-state index is 0.00759. The molecule has 0 aromatic heterocycles. The summed E-state index contributed by atoms with van der Waals surface area (Å²) in [5.41, 5.74) is 16.7. The van der Waals surface area contributed by atoms with Crippen LogP contribution < -0.4 is 21.3 Å². The van der Waals surface area contributed by atoms with Crippen molar-refractivity contribution < 1.29 is 23.9 Å². The summed E-state index contributed by atoms with van der Waals surface area (Å²) in [6, 6.07) is 28.0. The van der Waals surface area contributed by atoms with E-state index in [1.807, 2.05) is 60.7 Å². The predicted molar refractivity (Wildman–Crippen MR) is 155 cm³/mol. The molecule has 4 N–H and O–H groups in total. The number of para-hydroxylation sites is 4. The van der Waals surface area contributed by atoms with Gasteiger partial charge in [-0.25, -0.2) is 9.59 Å². The molecule has 0 spiro atoms. The van der Waals surface area contributed by atoms with Gasteiger partial charge in [-0.2, -0.15) is 0 Å². The number of Topliss-reactive ketones (excluding diaryl/α,β-unsaturated/α-hetero) is 1. The van der Waals surface area contributed by atoms with Crippen LogP contribution in [0.2, 0.25) is 0 Å². The molecule has 9 heteroatoms. The van der Waals surface area contributed by atoms with Crippen LogP contribution in [-0.4, -0.2) is 23.8 Å². The number of urea groups is 2. The first-order chi connectivity index (χ1) is 19.8. The topological polar surface area (TPSA) is 136 Å². The van der Waals surface area contributed by atoms with Gasteiger partial charge in [-0.05, 0) is 41.5 Å². The van der Waals surface area contributed by atoms with Gasteiger partial charge in [0.15, 0.2) is 5.78 Å². The number of hydrogen-bond acceptors (Lipinski definition) is 5. The Balaban J connectivity index is 0.000000166. The van der Waals surface area contributed by atoms with Gasteiger partial charge >= 0.3 is 18.0 Å². The van der Waals surface area contributed by atoms with E-state index in [9.17, 15) is 19.2 Å². The second-order valence-corrected chi connectivity index (χ2v) is 9.58. The summed E-state index contributed by atoms with van der Waals surface area (Å²) < 4.78 is 5.46. The highest BCUT2D eigenvalue weighted by atomic mass is 16.5. The van der Waals surface area contributed by atoms with Crippen molar-refractivity contribution in [2.24, 2.45) is 11.5 Å². The SMILES string of the molecule is CC(=O)O[C@H]1Cc2ccccc2N(C(N)=O)c2ccccc21.NC(=O)N1c2ccccc2CC(=O)c2ccccc21. The molecular weight excluding hydrogens is 520 g/mol. The number of ether oxygens (including phenoxy) is 1. The molecular formula is C32H28N4O5. The Hall–Kier alpha value is -5.44. The van der Waals surface area contributed by atoms with E-state index in [1.54, 1.807) is 36.4 Å². The van der Waals surface area contributed by atoms with Crippen LogP contribution in [0.25, 0.3) is 0 Å². The number of nitrogens with two attached hydrogens (primary N) is 2. The molecule has 0 saturated heterocycles. The van der Waals surface area contributed by atoms with Crippen molar-refractivity contribution in [3.8, 4) is 0 Å². The predicted octanol–water partition coefficient (Wildman–Crippen LogP) is 5.71. The van der Waals surface area contributed by atoms with E-state index >= 15 is 0 Å². The minimum Gasteiger partial charge on any atom is -0.457 e. The summed E-state index contributed by atoms with van der Waals surface area (Å²) in [4.78, 5) is 50.3. The van der Waals surface area contributed by atoms with Gasteiger partial charge in [0.1, 0.15) is 6.10 Å². The molecule has 1 atom stereocenters. The number of benzene rings is 4. The molecule has 206 valence electrons. The first-order valence-electron chi connectivity index (χ1n) is 13.0. The highest BCUT2D eigenvalue weighted by molar-refractivity contribution is 6.11. The first kappa shape index (κ1) is 27.1. The molecule has 41 heavy (non-hydrogen) atoms. The maximum atomic E-state index is 12.3. The third-order valence-corrected chi connectivity index (χ3v) is 6.94. The summed E-state index contributed by atoms with van der Waals surface area (Å²) in [6.07, 6.45) is 0.326. The Morgan fingerprint density at radius 1 is 0.683 bits per heavy atom. The van der Waals surface area contributed by atoms with E-state index < -0.39 is 18.2 Å². The Kier molecular flexibility index (Phi) is 7.51. The Labute approximate surface area is 236 Å². The third kappa shape index (κ3) is 5.38. The maximum Gasteiger partial charge on any atom is 0.323 e. The van der Waals surface area contributed by atoms with Gasteiger partial charge < -0.3 is 16.2 Å². The zero-order chi connectivity index (χ0) is 29.1. The van der Waals surface area contributed by atoms with E-state index in [1.165, 1.54) is 16.7 Å². The van der Waals surface area contributed by atoms with Gasteiger partial charge in [0, 0.05) is 30.9 Å². The lowest BCUT2D eigenvalue weighted by atomic mass is 10.0. The van der Waals surface area contributed by atoms with Crippen LogP contribution in [-0.2, 0) is 22.4 Å². The van der Waals surface area contributed by atoms with Crippen molar-refractivity contribution in [3.05, 3.63) is 119 Å². The van der Waals surface area contributed by atoms with Crippen LogP contribution in [0.5, 0.6) is 0 Å². The molecule has 0 bridgehead atoms. The fraction of sp³-hybridized carbons (Fsp3) is 0.125. The molecule has 4 aromatic rings. The molecule has 0 aliphatic carbocycles. The number of nitrogens with zero attached hydrogens (tertiary/aromatic N) is 2. The summed E-state index contributed by atoms with van der Waals surface area (Å²) in [5.74, 6) is -0.364. The summed E-state index contributed by atoms with van der Waals surface area (Å²) in [6.45, 7) is 1.38. The summed E-state index contributed by atoms with van der Waals surface area (Å²) >= 11 is 0. The van der Waals surface area contributed by atoms with Gasteiger partial charge in [-0.3, -0.25) is 19.4 Å². The van der Waals surface area contributed by atoms with Crippen molar-refractivity contribution in [2.45, 2.75) is 25.9 Å². The van der Waals surface area contributed by atoms with Crippen molar-refractivity contribution in [3.63, 3.8) is 0 Å². The molecule has 2 aliphatic heterocycles. The summed E-state index contributed by atoms with van der Waals surface area (Å²) in [5, 5.41) is 0. The van der Waals surface area contributed by atoms with Crippen LogP contribution in [0, 0.1) is 0 Å².